The van der Waals surface area contributed by atoms with Crippen molar-refractivity contribution < 1.29 is 0 Å². The zero-order valence-electron chi connectivity index (χ0n) is 13.3. The van der Waals surface area contributed by atoms with Crippen molar-refractivity contribution in [2.75, 3.05) is 9.74 Å². The number of benzene rings is 2. The second-order valence-electron chi connectivity index (χ2n) is 5.24. The molecular weight excluding hydrogens is 497 g/mol. The molecule has 126 valence electrons. The predicted molar refractivity (Wildman–Crippen MR) is 117 cm³/mol. The Kier molecular flexibility index (Phi) is 6.62. The van der Waals surface area contributed by atoms with Crippen molar-refractivity contribution in [2.24, 2.45) is 0 Å². The summed E-state index contributed by atoms with van der Waals surface area (Å²) in [5, 5.41) is 13.6. The van der Waals surface area contributed by atoms with Crippen molar-refractivity contribution in [3.8, 4) is 10.6 Å². The molecule has 0 bridgehead atoms. The van der Waals surface area contributed by atoms with E-state index in [4.69, 9.17) is 0 Å². The Morgan fingerprint density at radius 2 is 1.88 bits per heavy atom. The Bertz CT molecular complexity index is 789. The van der Waals surface area contributed by atoms with Gasteiger partial charge >= 0.3 is 166 Å². The van der Waals surface area contributed by atoms with Gasteiger partial charge in [0.2, 0.25) is 0 Å². The first-order valence-corrected chi connectivity index (χ1v) is 12.3. The van der Waals surface area contributed by atoms with E-state index in [1.165, 1.54) is 20.8 Å². The fraction of sp³-hybridized carbons (Fsp3) is 0.222. The van der Waals surface area contributed by atoms with Gasteiger partial charge in [0.15, 0.2) is 0 Å². The molecule has 0 aliphatic carbocycles. The van der Waals surface area contributed by atoms with E-state index in [-0.39, 0.29) is 21.2 Å². The van der Waals surface area contributed by atoms with Crippen LogP contribution in [0.4, 0.5) is 10.8 Å². The molecule has 24 heavy (non-hydrogen) atoms. The summed E-state index contributed by atoms with van der Waals surface area (Å²) in [5.41, 5.74) is 2.14. The summed E-state index contributed by atoms with van der Waals surface area (Å²) in [4.78, 5) is 0. The van der Waals surface area contributed by atoms with Crippen LogP contribution in [0.15, 0.2) is 53.0 Å². The molecule has 0 aliphatic heterocycles. The molecule has 0 fully saturated rings. The van der Waals surface area contributed by atoms with E-state index < -0.39 is 0 Å². The number of aromatic nitrogens is 2. The van der Waals surface area contributed by atoms with E-state index >= 15 is 0 Å². The van der Waals surface area contributed by atoms with Crippen molar-refractivity contribution in [1.29, 1.82) is 0 Å². The van der Waals surface area contributed by atoms with E-state index in [2.05, 4.69) is 62.6 Å². The Morgan fingerprint density at radius 3 is 2.62 bits per heavy atom. The van der Waals surface area contributed by atoms with Crippen LogP contribution >= 0.6 is 48.5 Å². The summed E-state index contributed by atoms with van der Waals surface area (Å²) in [7, 11) is 0. The molecule has 0 atom stereocenters. The third-order valence-corrected chi connectivity index (χ3v) is 8.10. The maximum absolute atomic E-state index is 4.29. The van der Waals surface area contributed by atoms with Gasteiger partial charge in [0.05, 0.1) is 0 Å². The second kappa shape index (κ2) is 8.92. The molecule has 0 spiro atoms. The molecule has 0 unspecified atom stereocenters. The number of hydrogen-bond donors (Lipinski definition) is 1. The van der Waals surface area contributed by atoms with Crippen LogP contribution in [0.5, 0.6) is 0 Å². The number of hydrogen-bond acceptors (Lipinski definition) is 4. The Labute approximate surface area is 165 Å². The molecule has 1 N–H and O–H groups in total. The van der Waals surface area contributed by atoms with E-state index in [0.29, 0.717) is 0 Å². The van der Waals surface area contributed by atoms with Gasteiger partial charge in [-0.15, -0.1) is 0 Å². The summed E-state index contributed by atoms with van der Waals surface area (Å²) in [6.07, 6.45) is 2.64. The molecule has 1 aromatic heterocycles. The SMILES string of the molecule is CCCC[IH]c1ccc(Nc2nnc(-c3ccccc3Br)s2)cc1. The van der Waals surface area contributed by atoms with Gasteiger partial charge in [-0.1, -0.05) is 0 Å². The molecular formula is C18H19BrIN3S. The van der Waals surface area contributed by atoms with Crippen LogP contribution in [0.3, 0.4) is 0 Å². The number of alkyl halides is 1. The summed E-state index contributed by atoms with van der Waals surface area (Å²) in [6.45, 7) is 2.25. The van der Waals surface area contributed by atoms with E-state index in [1.54, 1.807) is 11.3 Å². The monoisotopic (exact) mass is 515 g/mol. The Hall–Kier alpha value is -0.990. The first kappa shape index (κ1) is 17.8. The maximum atomic E-state index is 4.29. The molecule has 1 heterocycles. The first-order valence-electron chi connectivity index (χ1n) is 7.84. The van der Waals surface area contributed by atoms with Gasteiger partial charge in [-0.05, 0) is 0 Å². The third kappa shape index (κ3) is 4.77. The van der Waals surface area contributed by atoms with Crippen molar-refractivity contribution in [2.45, 2.75) is 19.8 Å². The first-order chi connectivity index (χ1) is 11.8. The van der Waals surface area contributed by atoms with Crippen molar-refractivity contribution in [3.63, 3.8) is 0 Å². The fourth-order valence-corrected chi connectivity index (χ4v) is 6.36. The van der Waals surface area contributed by atoms with E-state index in [0.717, 1.165) is 25.9 Å². The fourth-order valence-electron chi connectivity index (χ4n) is 2.11. The summed E-state index contributed by atoms with van der Waals surface area (Å²) >= 11 is 5.10. The molecule has 0 amide bonds. The number of nitrogens with zero attached hydrogens (tertiary/aromatic N) is 2. The molecule has 0 saturated heterocycles. The van der Waals surface area contributed by atoms with Gasteiger partial charge in [0, 0.05) is 0 Å². The Morgan fingerprint density at radius 1 is 1.08 bits per heavy atom. The van der Waals surface area contributed by atoms with E-state index in [1.807, 2.05) is 24.3 Å². The number of unbranched alkanes of at least 4 members (excludes halogenated alkanes) is 1. The molecule has 3 rings (SSSR count). The van der Waals surface area contributed by atoms with Crippen LogP contribution in [-0.4, -0.2) is 14.6 Å². The van der Waals surface area contributed by atoms with Gasteiger partial charge in [-0.3, -0.25) is 0 Å². The van der Waals surface area contributed by atoms with Gasteiger partial charge in [-0.2, -0.15) is 0 Å². The summed E-state index contributed by atoms with van der Waals surface area (Å²) in [5.74, 6) is 0. The average molecular weight is 516 g/mol. The quantitative estimate of drug-likeness (QED) is 0.225. The molecule has 3 nitrogen and oxygen atoms in total. The molecule has 0 radical (unpaired) electrons. The van der Waals surface area contributed by atoms with E-state index in [9.17, 15) is 0 Å². The molecule has 6 heteroatoms. The minimum absolute atomic E-state index is 0.0224. The molecule has 3 aromatic rings. The minimum atomic E-state index is -0.0224. The summed E-state index contributed by atoms with van der Waals surface area (Å²) in [6, 6.07) is 16.9. The van der Waals surface area contributed by atoms with Gasteiger partial charge in [-0.25, -0.2) is 0 Å². The number of nitrogens with one attached hydrogen (secondary N) is 1. The second-order valence-corrected chi connectivity index (χ2v) is 10.4. The van der Waals surface area contributed by atoms with Crippen LogP contribution in [0.2, 0.25) is 0 Å². The number of anilines is 2. The van der Waals surface area contributed by atoms with Crippen LogP contribution in [-0.2, 0) is 0 Å². The van der Waals surface area contributed by atoms with Crippen LogP contribution in [0, 0.1) is 3.57 Å². The number of halogens is 2. The average Bonchev–Trinajstić information content (AvgIpc) is 3.05. The zero-order chi connectivity index (χ0) is 16.8. The standard InChI is InChI=1S/C18H19BrIN3S/c1-2-3-12-20-13-8-10-14(11-9-13)21-18-23-22-17(24-18)15-6-4-5-7-16(15)19/h4-11,20H,2-3,12H2,1H3,(H,21,23). The molecule has 0 aliphatic rings. The van der Waals surface area contributed by atoms with Gasteiger partial charge in [0.1, 0.15) is 0 Å². The predicted octanol–water partition coefficient (Wildman–Crippen LogP) is 6.38. The molecule has 0 saturated carbocycles. The summed E-state index contributed by atoms with van der Waals surface area (Å²) < 4.78 is 3.94. The van der Waals surface area contributed by atoms with Crippen LogP contribution < -0.4 is 5.32 Å². The van der Waals surface area contributed by atoms with Crippen LogP contribution in [0.1, 0.15) is 19.8 Å². The van der Waals surface area contributed by atoms with Crippen molar-refractivity contribution in [1.82, 2.24) is 10.2 Å². The topological polar surface area (TPSA) is 37.8 Å². The molecule has 2 aromatic carbocycles. The number of rotatable bonds is 7. The third-order valence-electron chi connectivity index (χ3n) is 3.40. The van der Waals surface area contributed by atoms with Crippen molar-refractivity contribution >= 4 is 59.3 Å². The van der Waals surface area contributed by atoms with Gasteiger partial charge < -0.3 is 0 Å². The van der Waals surface area contributed by atoms with Crippen molar-refractivity contribution in [3.05, 3.63) is 56.6 Å². The normalized spacial score (nSPS) is 10.9. The van der Waals surface area contributed by atoms with Crippen LogP contribution in [0.25, 0.3) is 10.6 Å². The zero-order valence-corrected chi connectivity index (χ0v) is 18.1. The Balaban J connectivity index is 1.65. The van der Waals surface area contributed by atoms with Gasteiger partial charge in [0.25, 0.3) is 0 Å².